The summed E-state index contributed by atoms with van der Waals surface area (Å²) < 4.78 is 18.2. The zero-order valence-electron chi connectivity index (χ0n) is 9.69. The number of amides is 1. The highest BCUT2D eigenvalue weighted by Gasteiger charge is 2.05. The maximum atomic E-state index is 13.1. The van der Waals surface area contributed by atoms with Gasteiger partial charge in [-0.15, -0.1) is 0 Å². The number of nitrogens with one attached hydrogen (secondary N) is 1. The minimum Gasteiger partial charge on any atom is -0.490 e. The molecule has 0 saturated heterocycles. The second-order valence-corrected chi connectivity index (χ2v) is 3.52. The molecule has 1 aromatic rings. The summed E-state index contributed by atoms with van der Waals surface area (Å²) >= 11 is 0. The van der Waals surface area contributed by atoms with E-state index in [2.05, 4.69) is 5.32 Å². The molecule has 5 nitrogen and oxygen atoms in total. The summed E-state index contributed by atoms with van der Waals surface area (Å²) in [4.78, 5) is 21.4. The summed E-state index contributed by atoms with van der Waals surface area (Å²) in [6.45, 7) is 0.119. The first-order valence-electron chi connectivity index (χ1n) is 5.45. The van der Waals surface area contributed by atoms with Crippen molar-refractivity contribution in [3.63, 3.8) is 0 Å². The molecule has 0 aromatic heterocycles. The Balaban J connectivity index is 2.20. The van der Waals surface area contributed by atoms with Crippen molar-refractivity contribution in [2.75, 3.05) is 13.2 Å². The van der Waals surface area contributed by atoms with Crippen LogP contribution in [0.4, 0.5) is 4.39 Å². The lowest BCUT2D eigenvalue weighted by Crippen LogP contribution is -2.27. The summed E-state index contributed by atoms with van der Waals surface area (Å²) in [6, 6.07) is 5.91. The summed E-state index contributed by atoms with van der Waals surface area (Å²) in [7, 11) is 0. The van der Waals surface area contributed by atoms with Crippen molar-refractivity contribution in [1.29, 1.82) is 0 Å². The number of benzene rings is 1. The van der Waals surface area contributed by atoms with Crippen LogP contribution in [-0.2, 0) is 9.59 Å². The van der Waals surface area contributed by atoms with Crippen LogP contribution >= 0.6 is 0 Å². The van der Waals surface area contributed by atoms with Gasteiger partial charge in [-0.1, -0.05) is 12.1 Å². The van der Waals surface area contributed by atoms with E-state index in [1.165, 1.54) is 12.1 Å². The van der Waals surface area contributed by atoms with E-state index in [1.54, 1.807) is 12.1 Å². The largest absolute Gasteiger partial charge is 0.490 e. The minimum absolute atomic E-state index is 0.0415. The topological polar surface area (TPSA) is 75.6 Å². The van der Waals surface area contributed by atoms with E-state index in [4.69, 9.17) is 9.84 Å². The zero-order chi connectivity index (χ0) is 13.4. The summed E-state index contributed by atoms with van der Waals surface area (Å²) in [5.74, 6) is -1.69. The van der Waals surface area contributed by atoms with E-state index in [0.717, 1.165) is 0 Å². The Bertz CT molecular complexity index is 422. The predicted octanol–water partition coefficient (Wildman–Crippen LogP) is 1.19. The van der Waals surface area contributed by atoms with E-state index >= 15 is 0 Å². The fourth-order valence-electron chi connectivity index (χ4n) is 1.21. The zero-order valence-corrected chi connectivity index (χ0v) is 9.69. The highest BCUT2D eigenvalue weighted by Crippen LogP contribution is 2.15. The molecule has 1 aromatic carbocycles. The Morgan fingerprint density at radius 1 is 1.28 bits per heavy atom. The number of para-hydroxylation sites is 1. The van der Waals surface area contributed by atoms with Gasteiger partial charge in [0.25, 0.3) is 0 Å². The van der Waals surface area contributed by atoms with E-state index < -0.39 is 11.8 Å². The molecule has 0 spiro atoms. The van der Waals surface area contributed by atoms with Crippen LogP contribution in [0.15, 0.2) is 24.3 Å². The lowest BCUT2D eigenvalue weighted by atomic mass is 10.3. The Morgan fingerprint density at radius 2 is 2.00 bits per heavy atom. The number of carbonyl (C=O) groups is 2. The van der Waals surface area contributed by atoms with Crippen molar-refractivity contribution >= 4 is 11.9 Å². The van der Waals surface area contributed by atoms with Crippen LogP contribution in [0.25, 0.3) is 0 Å². The minimum atomic E-state index is -0.974. The fraction of sp³-hybridized carbons (Fsp3) is 0.333. The Labute approximate surface area is 104 Å². The molecule has 0 fully saturated rings. The van der Waals surface area contributed by atoms with Gasteiger partial charge in [-0.3, -0.25) is 9.59 Å². The first-order chi connectivity index (χ1) is 8.59. The van der Waals surface area contributed by atoms with Crippen molar-refractivity contribution in [3.05, 3.63) is 30.1 Å². The van der Waals surface area contributed by atoms with Crippen molar-refractivity contribution < 1.29 is 23.8 Å². The normalized spacial score (nSPS) is 9.83. The smallest absolute Gasteiger partial charge is 0.305 e. The maximum absolute atomic E-state index is 13.1. The molecule has 0 aliphatic heterocycles. The summed E-state index contributed by atoms with van der Waals surface area (Å²) in [6.07, 6.45) is -0.0755. The molecular weight excluding hydrogens is 241 g/mol. The van der Waals surface area contributed by atoms with Gasteiger partial charge in [0.2, 0.25) is 5.91 Å². The average Bonchev–Trinajstić information content (AvgIpc) is 2.31. The van der Waals surface area contributed by atoms with Crippen LogP contribution in [0.5, 0.6) is 5.75 Å². The third-order valence-electron chi connectivity index (χ3n) is 2.08. The van der Waals surface area contributed by atoms with Crippen LogP contribution in [0.1, 0.15) is 12.8 Å². The quantitative estimate of drug-likeness (QED) is 0.767. The van der Waals surface area contributed by atoms with Gasteiger partial charge in [0, 0.05) is 6.54 Å². The lowest BCUT2D eigenvalue weighted by molar-refractivity contribution is -0.136. The molecule has 0 unspecified atom stereocenters. The molecule has 6 heteroatoms. The van der Waals surface area contributed by atoms with Gasteiger partial charge in [0.15, 0.2) is 11.6 Å². The molecule has 0 bridgehead atoms. The van der Waals surface area contributed by atoms with Crippen LogP contribution in [0, 0.1) is 5.82 Å². The van der Waals surface area contributed by atoms with Crippen LogP contribution in [-0.4, -0.2) is 30.1 Å². The van der Waals surface area contributed by atoms with Crippen LogP contribution < -0.4 is 10.1 Å². The van der Waals surface area contributed by atoms with Gasteiger partial charge in [-0.2, -0.15) is 0 Å². The van der Waals surface area contributed by atoms with E-state index in [1.807, 2.05) is 0 Å². The standard InChI is InChI=1S/C12H14FNO4/c13-9-3-1-2-4-10(9)18-8-6-11(15)14-7-5-12(16)17/h1-4H,5-8H2,(H,14,15)(H,16,17). The Kier molecular flexibility index (Phi) is 5.63. The number of aliphatic carboxylic acids is 1. The molecule has 0 radical (unpaired) electrons. The van der Waals surface area contributed by atoms with Crippen LogP contribution in [0.2, 0.25) is 0 Å². The number of halogens is 1. The number of hydrogen-bond acceptors (Lipinski definition) is 3. The number of carboxylic acids is 1. The molecule has 0 heterocycles. The molecule has 18 heavy (non-hydrogen) atoms. The van der Waals surface area contributed by atoms with Gasteiger partial charge < -0.3 is 15.2 Å². The third-order valence-corrected chi connectivity index (χ3v) is 2.08. The maximum Gasteiger partial charge on any atom is 0.305 e. The molecule has 1 amide bonds. The van der Waals surface area contributed by atoms with E-state index in [0.29, 0.717) is 0 Å². The SMILES string of the molecule is O=C(O)CCNC(=O)CCOc1ccccc1F. The van der Waals surface area contributed by atoms with Crippen molar-refractivity contribution in [2.24, 2.45) is 0 Å². The second kappa shape index (κ2) is 7.26. The number of carbonyl (C=O) groups excluding carboxylic acids is 1. The lowest BCUT2D eigenvalue weighted by Gasteiger charge is -2.07. The van der Waals surface area contributed by atoms with Gasteiger partial charge in [0.05, 0.1) is 19.4 Å². The second-order valence-electron chi connectivity index (χ2n) is 3.52. The van der Waals surface area contributed by atoms with Crippen molar-refractivity contribution in [2.45, 2.75) is 12.8 Å². The van der Waals surface area contributed by atoms with Crippen molar-refractivity contribution in [3.8, 4) is 5.75 Å². The van der Waals surface area contributed by atoms with E-state index in [9.17, 15) is 14.0 Å². The number of carboxylic acid groups (broad SMARTS) is 1. The summed E-state index contributed by atoms with van der Waals surface area (Å²) in [5.41, 5.74) is 0. The van der Waals surface area contributed by atoms with Gasteiger partial charge in [-0.25, -0.2) is 4.39 Å². The highest BCUT2D eigenvalue weighted by molar-refractivity contribution is 5.76. The molecule has 0 aliphatic rings. The molecule has 1 rings (SSSR count). The number of ether oxygens (including phenoxy) is 1. The molecule has 0 saturated carbocycles. The number of hydrogen-bond donors (Lipinski definition) is 2. The molecule has 0 aliphatic carbocycles. The Morgan fingerprint density at radius 3 is 2.67 bits per heavy atom. The summed E-state index contributed by atoms with van der Waals surface area (Å²) in [5, 5.41) is 10.8. The molecular formula is C12H14FNO4. The highest BCUT2D eigenvalue weighted by atomic mass is 19.1. The molecule has 2 N–H and O–H groups in total. The van der Waals surface area contributed by atoms with Crippen LogP contribution in [0.3, 0.4) is 0 Å². The fourth-order valence-corrected chi connectivity index (χ4v) is 1.21. The van der Waals surface area contributed by atoms with Gasteiger partial charge in [0.1, 0.15) is 0 Å². The third kappa shape index (κ3) is 5.29. The molecule has 0 atom stereocenters. The van der Waals surface area contributed by atoms with Gasteiger partial charge in [-0.05, 0) is 12.1 Å². The van der Waals surface area contributed by atoms with Gasteiger partial charge >= 0.3 is 5.97 Å². The average molecular weight is 255 g/mol. The Hall–Kier alpha value is -2.11. The predicted molar refractivity (Wildman–Crippen MR) is 61.8 cm³/mol. The van der Waals surface area contributed by atoms with Crippen molar-refractivity contribution in [1.82, 2.24) is 5.32 Å². The molecule has 98 valence electrons. The first-order valence-corrected chi connectivity index (χ1v) is 5.45. The first kappa shape index (κ1) is 14.0. The number of rotatable bonds is 7. The van der Waals surface area contributed by atoms with E-state index in [-0.39, 0.29) is 37.6 Å². The monoisotopic (exact) mass is 255 g/mol.